The molecule has 0 bridgehead atoms. The molecule has 16 heteroatoms. The zero-order valence-electron chi connectivity index (χ0n) is 34.6. The van der Waals surface area contributed by atoms with Gasteiger partial charge in [0.25, 0.3) is 0 Å². The number of para-hydroxylation sites is 1. The van der Waals surface area contributed by atoms with Gasteiger partial charge in [-0.05, 0) is 69.2 Å². The second-order valence-electron chi connectivity index (χ2n) is 15.8. The third-order valence-electron chi connectivity index (χ3n) is 11.1. The molecule has 4 aromatic rings. The smallest absolute Gasteiger partial charge is 0.243 e. The minimum absolute atomic E-state index is 0.0285. The Morgan fingerprint density at radius 1 is 0.750 bits per heavy atom. The summed E-state index contributed by atoms with van der Waals surface area (Å²) in [6.07, 6.45) is 11.3. The summed E-state index contributed by atoms with van der Waals surface area (Å²) < 4.78 is 0. The Kier molecular flexibility index (Phi) is 17.2. The Hall–Kier alpha value is -6.03. The van der Waals surface area contributed by atoms with Crippen LogP contribution in [0.5, 0.6) is 0 Å². The lowest BCUT2D eigenvalue weighted by atomic mass is 9.87. The highest BCUT2D eigenvalue weighted by Gasteiger charge is 2.30. The second-order valence-corrected chi connectivity index (χ2v) is 15.8. The van der Waals surface area contributed by atoms with Crippen LogP contribution >= 0.6 is 0 Å². The second kappa shape index (κ2) is 22.9. The van der Waals surface area contributed by atoms with Crippen molar-refractivity contribution >= 4 is 46.3 Å². The zero-order chi connectivity index (χ0) is 42.9. The Bertz CT molecular complexity index is 2010. The fraction of sp³-hybridized carbons (Fsp3) is 0.477. The lowest BCUT2D eigenvalue weighted by molar-refractivity contribution is -0.133. The van der Waals surface area contributed by atoms with E-state index in [9.17, 15) is 28.8 Å². The van der Waals surface area contributed by atoms with E-state index in [1.54, 1.807) is 19.4 Å². The number of nitrogens with two attached hydrogens (primary N) is 1. The predicted octanol–water partition coefficient (Wildman–Crippen LogP) is 2.21. The van der Waals surface area contributed by atoms with E-state index < -0.39 is 47.8 Å². The molecule has 2 heterocycles. The highest BCUT2D eigenvalue weighted by Crippen LogP contribution is 2.26. The van der Waals surface area contributed by atoms with E-state index in [4.69, 9.17) is 5.73 Å². The van der Waals surface area contributed by atoms with E-state index >= 15 is 0 Å². The van der Waals surface area contributed by atoms with Crippen molar-refractivity contribution in [2.45, 2.75) is 114 Å². The number of hydrogen-bond donors (Lipinski definition) is 9. The molecule has 0 saturated heterocycles. The molecule has 0 aliphatic heterocycles. The third kappa shape index (κ3) is 14.1. The molecule has 0 spiro atoms. The molecule has 60 heavy (non-hydrogen) atoms. The summed E-state index contributed by atoms with van der Waals surface area (Å²) >= 11 is 0. The van der Waals surface area contributed by atoms with Crippen LogP contribution in [-0.2, 0) is 48.0 Å². The van der Waals surface area contributed by atoms with Gasteiger partial charge in [-0.25, -0.2) is 4.98 Å². The van der Waals surface area contributed by atoms with Gasteiger partial charge in [0.15, 0.2) is 0 Å². The van der Waals surface area contributed by atoms with E-state index in [0.29, 0.717) is 12.1 Å². The van der Waals surface area contributed by atoms with Crippen molar-refractivity contribution < 1.29 is 28.8 Å². The number of rotatable bonds is 23. The molecule has 5 rings (SSSR count). The molecule has 322 valence electrons. The molecule has 0 radical (unpaired) electrons. The number of aromatic amines is 2. The maximum Gasteiger partial charge on any atom is 0.243 e. The van der Waals surface area contributed by atoms with Crippen LogP contribution in [-0.4, -0.2) is 94.2 Å². The predicted molar refractivity (Wildman–Crippen MR) is 228 cm³/mol. The minimum atomic E-state index is -1.10. The number of likely N-dealkylation sites (N-methyl/N-ethyl adjacent to an activating group) is 1. The van der Waals surface area contributed by atoms with Crippen LogP contribution in [0.15, 0.2) is 73.3 Å². The molecule has 1 fully saturated rings. The first-order valence-electron chi connectivity index (χ1n) is 21.0. The lowest BCUT2D eigenvalue weighted by Gasteiger charge is -2.25. The summed E-state index contributed by atoms with van der Waals surface area (Å²) in [4.78, 5) is 90.0. The van der Waals surface area contributed by atoms with Crippen LogP contribution in [0.3, 0.4) is 0 Å². The molecule has 1 aliphatic carbocycles. The van der Waals surface area contributed by atoms with Crippen molar-refractivity contribution in [3.8, 4) is 0 Å². The van der Waals surface area contributed by atoms with E-state index in [1.165, 1.54) is 6.33 Å². The van der Waals surface area contributed by atoms with Crippen LogP contribution < -0.4 is 37.6 Å². The van der Waals surface area contributed by atoms with E-state index in [0.717, 1.165) is 54.1 Å². The number of benzene rings is 2. The van der Waals surface area contributed by atoms with Gasteiger partial charge in [-0.1, -0.05) is 67.8 Å². The maximum atomic E-state index is 14.0. The Morgan fingerprint density at radius 3 is 2.17 bits per heavy atom. The van der Waals surface area contributed by atoms with Crippen LogP contribution in [0.25, 0.3) is 10.9 Å². The topological polar surface area (TPSA) is 245 Å². The van der Waals surface area contributed by atoms with Crippen molar-refractivity contribution in [1.29, 1.82) is 0 Å². The zero-order valence-corrected chi connectivity index (χ0v) is 34.6. The number of imidazole rings is 1. The summed E-state index contributed by atoms with van der Waals surface area (Å²) in [7, 11) is 1.60. The number of primary amides is 1. The summed E-state index contributed by atoms with van der Waals surface area (Å²) in [5.74, 6) is -2.56. The normalized spacial score (nSPS) is 15.5. The molecule has 5 atom stereocenters. The maximum absolute atomic E-state index is 14.0. The Balaban J connectivity index is 1.17. The number of carbonyl (C=O) groups is 6. The van der Waals surface area contributed by atoms with E-state index in [1.807, 2.05) is 61.5 Å². The quantitative estimate of drug-likeness (QED) is 0.0536. The van der Waals surface area contributed by atoms with Crippen LogP contribution in [0.4, 0.5) is 0 Å². The van der Waals surface area contributed by atoms with Gasteiger partial charge < -0.3 is 47.6 Å². The number of nitrogens with zero attached hydrogens (tertiary/aromatic N) is 1. The summed E-state index contributed by atoms with van der Waals surface area (Å²) in [6, 6.07) is 13.3. The molecule has 2 aromatic carbocycles. The van der Waals surface area contributed by atoms with Crippen LogP contribution in [0.2, 0.25) is 0 Å². The van der Waals surface area contributed by atoms with Crippen molar-refractivity contribution in [2.24, 2.45) is 11.7 Å². The van der Waals surface area contributed by atoms with Crippen LogP contribution in [0.1, 0.15) is 81.5 Å². The molecular formula is C44H60N10O6. The van der Waals surface area contributed by atoms with Crippen LogP contribution in [0, 0.1) is 5.92 Å². The minimum Gasteiger partial charge on any atom is -0.368 e. The molecule has 2 aromatic heterocycles. The van der Waals surface area contributed by atoms with Gasteiger partial charge in [-0.15, -0.1) is 0 Å². The highest BCUT2D eigenvalue weighted by atomic mass is 16.2. The molecule has 1 saturated carbocycles. The molecule has 16 nitrogen and oxygen atoms in total. The number of hydrogen-bond acceptors (Lipinski definition) is 8. The van der Waals surface area contributed by atoms with Gasteiger partial charge in [0, 0.05) is 61.6 Å². The van der Waals surface area contributed by atoms with Gasteiger partial charge in [0.05, 0.1) is 18.1 Å². The van der Waals surface area contributed by atoms with E-state index in [2.05, 4.69) is 46.9 Å². The third-order valence-corrected chi connectivity index (χ3v) is 11.1. The number of carbonyl (C=O) groups excluding carboxylic acids is 6. The summed E-state index contributed by atoms with van der Waals surface area (Å²) in [5.41, 5.74) is 9.04. The first kappa shape index (κ1) is 45.1. The number of aromatic nitrogens is 3. The Morgan fingerprint density at radius 2 is 1.45 bits per heavy atom. The van der Waals surface area contributed by atoms with E-state index in [-0.39, 0.29) is 68.8 Å². The molecule has 6 amide bonds. The van der Waals surface area contributed by atoms with Gasteiger partial charge in [-0.2, -0.15) is 0 Å². The van der Waals surface area contributed by atoms with Crippen molar-refractivity contribution in [3.05, 3.63) is 90.1 Å². The lowest BCUT2D eigenvalue weighted by Crippen LogP contribution is -2.55. The fourth-order valence-corrected chi connectivity index (χ4v) is 7.77. The molecule has 10 N–H and O–H groups in total. The number of nitrogens with one attached hydrogen (secondary N) is 8. The number of fused-ring (bicyclic) bond motifs is 1. The van der Waals surface area contributed by atoms with Crippen molar-refractivity contribution in [3.63, 3.8) is 0 Å². The highest BCUT2D eigenvalue weighted by molar-refractivity contribution is 5.93. The Labute approximate surface area is 350 Å². The number of amides is 6. The SMILES string of the molecule is CNC(CCNC(=O)CCC(NC(=O)CC1CCCCC1)C(=O)N[C@@H](Cc1c[nH]cn1)C(=O)NC(C)Cc1ccccc1)C(=O)N[C@@H](Cc1c[nH]c2ccccc12)C(N)=O. The summed E-state index contributed by atoms with van der Waals surface area (Å²) in [5, 5.41) is 18.1. The van der Waals surface area contributed by atoms with Crippen molar-refractivity contribution in [2.75, 3.05) is 13.6 Å². The van der Waals surface area contributed by atoms with Gasteiger partial charge in [-0.3, -0.25) is 28.8 Å². The molecular weight excluding hydrogens is 765 g/mol. The van der Waals surface area contributed by atoms with Gasteiger partial charge >= 0.3 is 0 Å². The first-order chi connectivity index (χ1) is 29.0. The monoisotopic (exact) mass is 824 g/mol. The average molecular weight is 825 g/mol. The largest absolute Gasteiger partial charge is 0.368 e. The molecule has 3 unspecified atom stereocenters. The van der Waals surface area contributed by atoms with Gasteiger partial charge in [0.2, 0.25) is 35.4 Å². The average Bonchev–Trinajstić information content (AvgIpc) is 3.91. The fourth-order valence-electron chi connectivity index (χ4n) is 7.77. The molecule has 1 aliphatic rings. The van der Waals surface area contributed by atoms with Gasteiger partial charge in [0.1, 0.15) is 18.1 Å². The van der Waals surface area contributed by atoms with Crippen molar-refractivity contribution in [1.82, 2.24) is 46.9 Å². The summed E-state index contributed by atoms with van der Waals surface area (Å²) in [6.45, 7) is 2.00. The standard InChI is InChI=1S/C44H60N10O6/c1-28(21-29-11-5-3-6-12-29)51-44(60)38(24-32-26-47-27-50-32)54-43(59)36(52-40(56)22-30-13-7-4-8-14-30)17-18-39(55)48-20-19-35(46-2)42(58)53-37(41(45)57)23-31-25-49-34-16-10-9-15-33(31)34/h3,5-6,9-12,15-16,25-28,30,35-38,46,49H,4,7-8,13-14,17-24H2,1-2H3,(H2,45,57)(H,47,50)(H,48,55)(H,51,60)(H,52,56)(H,53,58)(H,54,59)/t28?,35?,36?,37-,38-/m0/s1. The first-order valence-corrected chi connectivity index (χ1v) is 21.0. The number of H-pyrrole nitrogens is 2.